The molecule has 2 aliphatic carbocycles. The molecule has 0 radical (unpaired) electrons. The van der Waals surface area contributed by atoms with Crippen LogP contribution in [0, 0.1) is 11.3 Å². The van der Waals surface area contributed by atoms with E-state index in [1.54, 1.807) is 17.4 Å². The highest BCUT2D eigenvalue weighted by molar-refractivity contribution is 7.35. The Kier molecular flexibility index (Phi) is 18.4. The number of nitrogens with zero attached hydrogens (tertiary/aromatic N) is 2. The van der Waals surface area contributed by atoms with E-state index < -0.39 is 5.97 Å². The average Bonchev–Trinajstić information content (AvgIpc) is 2.13. The second kappa shape index (κ2) is 25.9. The number of rotatable bonds is 27. The van der Waals surface area contributed by atoms with Crippen LogP contribution in [-0.2, 0) is 41.3 Å². The molecule has 0 spiro atoms. The molecule has 4 heterocycles. The van der Waals surface area contributed by atoms with Gasteiger partial charge in [-0.1, -0.05) is 205 Å². The first-order chi connectivity index (χ1) is 40.8. The summed E-state index contributed by atoms with van der Waals surface area (Å²) in [7, 11) is 0. The van der Waals surface area contributed by atoms with Crippen molar-refractivity contribution in [1.29, 1.82) is 5.26 Å². The quantitative estimate of drug-likeness (QED) is 0.0317. The van der Waals surface area contributed by atoms with Crippen LogP contribution in [-0.4, -0.2) is 11.1 Å². The van der Waals surface area contributed by atoms with Gasteiger partial charge in [-0.3, -0.25) is 0 Å². The summed E-state index contributed by atoms with van der Waals surface area (Å²) in [5.74, 6) is -1.15. The van der Waals surface area contributed by atoms with Crippen molar-refractivity contribution in [1.82, 2.24) is 0 Å². The summed E-state index contributed by atoms with van der Waals surface area (Å²) >= 11 is 7.84. The highest BCUT2D eigenvalue weighted by Crippen LogP contribution is 2.57. The predicted molar refractivity (Wildman–Crippen MR) is 366 cm³/mol. The molecule has 5 aromatic carbocycles. The lowest BCUT2D eigenvalue weighted by molar-refractivity contribution is -0.132. The van der Waals surface area contributed by atoms with E-state index in [0.29, 0.717) is 0 Å². The van der Waals surface area contributed by atoms with Crippen LogP contribution >= 0.6 is 45.3 Å². The van der Waals surface area contributed by atoms with E-state index in [0.717, 1.165) is 61.9 Å². The first-order valence-electron chi connectivity index (χ1n) is 31.7. The summed E-state index contributed by atoms with van der Waals surface area (Å²) in [5.41, 5.74) is 20.9. The summed E-state index contributed by atoms with van der Waals surface area (Å²) in [6.07, 6.45) is 24.7. The van der Waals surface area contributed by atoms with E-state index in [1.807, 2.05) is 17.4 Å². The SMILES string of the molecule is CCCCCCc1c(/C=C(/C#N)C(=O)O)sc2c(CCCCCC)c(-c3sc4c(CCCCCC)c(-c5ccc(N(c6ccc7c(c6)C(C)(C)c6ccccc6-7)c6ccc7c(c6)C(C)(C)c6ccccc6-7)cc5)sc4c3CCCCCC)sc12. The average molecular weight is 1190 g/mol. The van der Waals surface area contributed by atoms with Crippen LogP contribution in [0.3, 0.4) is 0 Å². The molecule has 11 rings (SSSR count). The van der Waals surface area contributed by atoms with Crippen LogP contribution < -0.4 is 4.90 Å². The van der Waals surface area contributed by atoms with Gasteiger partial charge in [-0.25, -0.2) is 4.79 Å². The van der Waals surface area contributed by atoms with Crippen LogP contribution in [0.1, 0.15) is 208 Å². The Morgan fingerprint density at radius 1 is 0.464 bits per heavy atom. The molecule has 0 bridgehead atoms. The van der Waals surface area contributed by atoms with Crippen molar-refractivity contribution in [3.63, 3.8) is 0 Å². The number of unbranched alkanes of at least 4 members (excludes halogenated alkanes) is 12. The largest absolute Gasteiger partial charge is 0.477 e. The summed E-state index contributed by atoms with van der Waals surface area (Å²) in [5, 5.41) is 20.0. The molecule has 0 aliphatic heterocycles. The minimum absolute atomic E-state index is 0.131. The standard InChI is InChI=1S/C76H84N2O2S4/c1-9-13-17-21-31-58-66(45-50(48-77)74(79)80)81-69-60(33-23-19-15-11-3)72(83-68(58)69)73-61(34-24-20-16-12-4)71-70(84-73)59(32-22-18-14-10-2)67(82-71)49-37-39-51(40-38-49)78(52-41-43-56-54-29-25-27-35-62(54)75(5,6)64(56)46-52)53-42-44-57-55-30-26-28-36-63(55)76(7,8)65(57)47-53/h25-30,35-47H,9-24,31-34H2,1-8H3,(H,79,80)/b50-45-. The highest BCUT2D eigenvalue weighted by Gasteiger charge is 2.38. The predicted octanol–water partition coefficient (Wildman–Crippen LogP) is 24.1. The van der Waals surface area contributed by atoms with E-state index in [1.165, 1.54) is 194 Å². The first kappa shape index (κ1) is 59.6. The third-order valence-electron chi connectivity index (χ3n) is 18.4. The van der Waals surface area contributed by atoms with Crippen molar-refractivity contribution in [2.75, 3.05) is 4.90 Å². The smallest absolute Gasteiger partial charge is 0.346 e. The first-order valence-corrected chi connectivity index (χ1v) is 35.0. The number of hydrogen-bond acceptors (Lipinski definition) is 7. The third kappa shape index (κ3) is 11.3. The van der Waals surface area contributed by atoms with Gasteiger partial charge in [0.15, 0.2) is 0 Å². The van der Waals surface area contributed by atoms with Crippen molar-refractivity contribution in [3.8, 4) is 48.5 Å². The Morgan fingerprint density at radius 2 is 0.845 bits per heavy atom. The number of carboxylic acids is 1. The highest BCUT2D eigenvalue weighted by atomic mass is 32.1. The summed E-state index contributed by atoms with van der Waals surface area (Å²) in [6.45, 7) is 18.7. The van der Waals surface area contributed by atoms with Gasteiger partial charge < -0.3 is 10.0 Å². The molecule has 9 aromatic rings. The molecule has 0 atom stereocenters. The number of nitriles is 1. The maximum atomic E-state index is 12.3. The van der Waals surface area contributed by atoms with Crippen LogP contribution in [0.2, 0.25) is 0 Å². The summed E-state index contributed by atoms with van der Waals surface area (Å²) in [6, 6.07) is 43.9. The van der Waals surface area contributed by atoms with Crippen LogP contribution in [0.15, 0.2) is 115 Å². The number of aryl methyl sites for hydroxylation is 4. The number of fused-ring (bicyclic) bond motifs is 8. The number of aliphatic carboxylic acids is 1. The topological polar surface area (TPSA) is 64.3 Å². The molecule has 0 unspecified atom stereocenters. The molecular weight excluding hydrogens is 1100 g/mol. The third-order valence-corrected chi connectivity index (χ3v) is 24.0. The zero-order valence-electron chi connectivity index (χ0n) is 51.0. The van der Waals surface area contributed by atoms with Gasteiger partial charge in [0, 0.05) is 66.2 Å². The summed E-state index contributed by atoms with van der Waals surface area (Å²) in [4.78, 5) is 20.1. The normalized spacial score (nSPS) is 13.8. The molecule has 0 fully saturated rings. The zero-order valence-corrected chi connectivity index (χ0v) is 54.3. The van der Waals surface area contributed by atoms with Crippen LogP contribution in [0.5, 0.6) is 0 Å². The number of benzene rings is 5. The number of hydrogen-bond donors (Lipinski definition) is 1. The maximum absolute atomic E-state index is 12.3. The lowest BCUT2D eigenvalue weighted by atomic mass is 9.82. The lowest BCUT2D eigenvalue weighted by Gasteiger charge is -2.30. The van der Waals surface area contributed by atoms with Crippen LogP contribution in [0.25, 0.3) is 67.3 Å². The fraction of sp³-hybridized carbons (Fsp3) is 0.395. The second-order valence-electron chi connectivity index (χ2n) is 24.9. The number of anilines is 3. The molecule has 4 nitrogen and oxygen atoms in total. The number of thiophene rings is 4. The van der Waals surface area contributed by atoms with Gasteiger partial charge in [0.25, 0.3) is 0 Å². The molecule has 0 amide bonds. The van der Waals surface area contributed by atoms with E-state index >= 15 is 0 Å². The van der Waals surface area contributed by atoms with E-state index in [9.17, 15) is 15.2 Å². The molecule has 2 aliphatic rings. The fourth-order valence-electron chi connectivity index (χ4n) is 13.8. The van der Waals surface area contributed by atoms with E-state index in [-0.39, 0.29) is 16.4 Å². The van der Waals surface area contributed by atoms with E-state index in [4.69, 9.17) is 0 Å². The Hall–Kier alpha value is -6.08. The van der Waals surface area contributed by atoms with Crippen molar-refractivity contribution < 1.29 is 9.90 Å². The fourth-order valence-corrected chi connectivity index (χ4v) is 20.0. The molecular formula is C76H84N2O2S4. The van der Waals surface area contributed by atoms with Crippen molar-refractivity contribution in [3.05, 3.63) is 164 Å². The monoisotopic (exact) mass is 1180 g/mol. The second-order valence-corrected chi connectivity index (χ2v) is 29.0. The van der Waals surface area contributed by atoms with Gasteiger partial charge in [-0.2, -0.15) is 5.26 Å². The molecule has 8 heteroatoms. The molecule has 434 valence electrons. The van der Waals surface area contributed by atoms with Gasteiger partial charge >= 0.3 is 5.97 Å². The Labute approximate surface area is 517 Å². The molecule has 84 heavy (non-hydrogen) atoms. The molecule has 0 saturated carbocycles. The maximum Gasteiger partial charge on any atom is 0.346 e. The zero-order chi connectivity index (χ0) is 58.7. The number of carboxylic acid groups (broad SMARTS) is 1. The molecule has 1 N–H and O–H groups in total. The van der Waals surface area contributed by atoms with E-state index in [2.05, 4.69) is 192 Å². The summed E-state index contributed by atoms with van der Waals surface area (Å²) < 4.78 is 5.60. The van der Waals surface area contributed by atoms with Crippen molar-refractivity contribution >= 4 is 93.3 Å². The van der Waals surface area contributed by atoms with Crippen LogP contribution in [0.4, 0.5) is 17.1 Å². The molecule has 0 saturated heterocycles. The Bertz CT molecular complexity index is 3810. The van der Waals surface area contributed by atoms with Gasteiger partial charge in [0.2, 0.25) is 0 Å². The Morgan fingerprint density at radius 3 is 1.29 bits per heavy atom. The molecule has 4 aromatic heterocycles. The lowest BCUT2D eigenvalue weighted by Crippen LogP contribution is -2.18. The minimum Gasteiger partial charge on any atom is -0.477 e. The van der Waals surface area contributed by atoms with Crippen molar-refractivity contribution in [2.45, 2.75) is 195 Å². The van der Waals surface area contributed by atoms with Crippen molar-refractivity contribution in [2.24, 2.45) is 0 Å². The van der Waals surface area contributed by atoms with Gasteiger partial charge in [0.1, 0.15) is 11.6 Å². The van der Waals surface area contributed by atoms with Gasteiger partial charge in [0.05, 0.1) is 0 Å². The minimum atomic E-state index is -1.15. The van der Waals surface area contributed by atoms with Gasteiger partial charge in [-0.15, -0.1) is 45.3 Å². The number of carbonyl (C=O) groups is 1. The van der Waals surface area contributed by atoms with Gasteiger partial charge in [-0.05, 0) is 166 Å². The Balaban J connectivity index is 1.05.